The molecule has 12 nitrogen and oxygen atoms in total. The molecule has 70 heavy (non-hydrogen) atoms. The fraction of sp³-hybridized carbons (Fsp3) is 0.719. The van der Waals surface area contributed by atoms with Gasteiger partial charge in [-0.05, 0) is 89.9 Å². The van der Waals surface area contributed by atoms with E-state index in [0.717, 1.165) is 77.0 Å². The van der Waals surface area contributed by atoms with Crippen molar-refractivity contribution in [2.75, 3.05) is 19.0 Å². The van der Waals surface area contributed by atoms with Gasteiger partial charge in [0.1, 0.15) is 36.8 Å². The number of ether oxygens (including phenoxy) is 4. The van der Waals surface area contributed by atoms with Crippen LogP contribution < -0.4 is 0 Å². The van der Waals surface area contributed by atoms with E-state index in [1.165, 1.54) is 89.9 Å². The third-order valence-corrected chi connectivity index (χ3v) is 12.7. The summed E-state index contributed by atoms with van der Waals surface area (Å²) >= 11 is 0. The quantitative estimate of drug-likeness (QED) is 0.0196. The van der Waals surface area contributed by atoms with Gasteiger partial charge in [0.25, 0.3) is 10.1 Å². The topological polar surface area (TPSA) is 186 Å². The van der Waals surface area contributed by atoms with Crippen molar-refractivity contribution >= 4 is 22.1 Å². The van der Waals surface area contributed by atoms with Crippen LogP contribution in [0.25, 0.3) is 0 Å². The number of hydrogen-bond donors (Lipinski definition) is 4. The van der Waals surface area contributed by atoms with Crippen LogP contribution in [0, 0.1) is 0 Å². The van der Waals surface area contributed by atoms with Gasteiger partial charge in [-0.25, -0.2) is 0 Å². The van der Waals surface area contributed by atoms with E-state index < -0.39 is 71.2 Å². The highest BCUT2D eigenvalue weighted by Gasteiger charge is 2.46. The highest BCUT2D eigenvalue weighted by atomic mass is 32.2. The summed E-state index contributed by atoms with van der Waals surface area (Å²) < 4.78 is 54.3. The Hall–Kier alpha value is -3.17. The Morgan fingerprint density at radius 2 is 0.900 bits per heavy atom. The third-order valence-electron chi connectivity index (χ3n) is 12.0. The average Bonchev–Trinajstić information content (AvgIpc) is 3.33. The van der Waals surface area contributed by atoms with Crippen LogP contribution in [-0.4, -0.2) is 96.0 Å². The molecule has 1 fully saturated rings. The lowest BCUT2D eigenvalue weighted by Crippen LogP contribution is -2.60. The SMILES string of the molecule is CC/C=C\C/C=C\C/C=C\C/C=C\C/C=C\CCCCCC(=O)OC(COC(=O)CCCCCCCCCCCCC/C=C\C/C=C\CCCCCCC)COC1OC(CS(=O)(=O)O)C(O)C(O)C1O. The summed E-state index contributed by atoms with van der Waals surface area (Å²) in [6.07, 6.45) is 51.9. The van der Waals surface area contributed by atoms with Gasteiger partial charge in [0.2, 0.25) is 0 Å². The molecule has 0 spiro atoms. The van der Waals surface area contributed by atoms with E-state index in [1.807, 2.05) is 0 Å². The predicted molar refractivity (Wildman–Crippen MR) is 284 cm³/mol. The first-order valence-corrected chi connectivity index (χ1v) is 28.8. The minimum atomic E-state index is -4.62. The number of carbonyl (C=O) groups excluding carboxylic acids is 2. The van der Waals surface area contributed by atoms with E-state index in [0.29, 0.717) is 12.8 Å². The number of rotatable bonds is 45. The molecule has 0 saturated carbocycles. The van der Waals surface area contributed by atoms with Crippen LogP contribution in [0.4, 0.5) is 0 Å². The summed E-state index contributed by atoms with van der Waals surface area (Å²) in [6.45, 7) is 3.63. The summed E-state index contributed by atoms with van der Waals surface area (Å²) in [7, 11) is -4.62. The molecule has 0 amide bonds. The van der Waals surface area contributed by atoms with Crippen LogP contribution in [0.3, 0.4) is 0 Å². The number of hydrogen-bond acceptors (Lipinski definition) is 11. The van der Waals surface area contributed by atoms with E-state index in [1.54, 1.807) is 0 Å². The number of aliphatic hydroxyl groups excluding tert-OH is 3. The molecular formula is C57H96O12S. The van der Waals surface area contributed by atoms with Gasteiger partial charge in [-0.1, -0.05) is 189 Å². The van der Waals surface area contributed by atoms with Crippen LogP contribution in [0.2, 0.25) is 0 Å². The second-order valence-corrected chi connectivity index (χ2v) is 20.0. The Bertz CT molecular complexity index is 1600. The molecule has 402 valence electrons. The molecule has 0 aromatic rings. The molecule has 4 N–H and O–H groups in total. The molecule has 6 unspecified atom stereocenters. The van der Waals surface area contributed by atoms with Crippen molar-refractivity contribution in [1.82, 2.24) is 0 Å². The summed E-state index contributed by atoms with van der Waals surface area (Å²) in [5.74, 6) is -2.03. The predicted octanol–water partition coefficient (Wildman–Crippen LogP) is 12.8. The van der Waals surface area contributed by atoms with Crippen molar-refractivity contribution in [3.05, 3.63) is 85.1 Å². The second kappa shape index (κ2) is 45.7. The summed E-state index contributed by atoms with van der Waals surface area (Å²) in [5, 5.41) is 31.0. The van der Waals surface area contributed by atoms with Gasteiger partial charge < -0.3 is 34.3 Å². The number of unbranched alkanes of at least 4 members (excludes halogenated alkanes) is 19. The van der Waals surface area contributed by atoms with E-state index in [-0.39, 0.29) is 19.4 Å². The lowest BCUT2D eigenvalue weighted by molar-refractivity contribution is -0.297. The number of allylic oxidation sites excluding steroid dienone is 14. The van der Waals surface area contributed by atoms with Gasteiger partial charge in [0, 0.05) is 12.8 Å². The number of esters is 2. The largest absolute Gasteiger partial charge is 0.462 e. The van der Waals surface area contributed by atoms with Crippen LogP contribution in [0.1, 0.15) is 206 Å². The highest BCUT2D eigenvalue weighted by molar-refractivity contribution is 7.85. The molecule has 0 aromatic carbocycles. The van der Waals surface area contributed by atoms with Gasteiger partial charge in [-0.3, -0.25) is 14.1 Å². The maximum absolute atomic E-state index is 12.9. The standard InChI is InChI=1S/C57H96O12S/c1-3-5-7-9-11-13-15-17-19-21-23-24-25-26-28-29-31-33-35-37-39-41-43-45-52(58)66-47-50(48-67-57-56(62)55(61)54(60)51(69-57)49-70(63,64)65)68-53(59)46-44-42-40-38-36-34-32-30-27-22-20-18-16-14-12-10-8-6-4-2/h6,8,12,14-15,17-18,20-21,23,27,30,34,36,50-51,54-57,60-62H,3-5,7,9-11,13,16,19,22,24-26,28-29,31-33,35,37-49H2,1-2H3,(H,63,64,65)/b8-6-,14-12-,17-15-,20-18-,23-21-,30-27-,36-34-. The molecule has 1 saturated heterocycles. The molecule has 0 radical (unpaired) electrons. The van der Waals surface area contributed by atoms with E-state index in [9.17, 15) is 37.9 Å². The zero-order valence-corrected chi connectivity index (χ0v) is 44.2. The Kier molecular flexibility index (Phi) is 42.3. The molecule has 1 aliphatic rings. The highest BCUT2D eigenvalue weighted by Crippen LogP contribution is 2.24. The fourth-order valence-electron chi connectivity index (χ4n) is 7.79. The first-order chi connectivity index (χ1) is 34.0. The van der Waals surface area contributed by atoms with E-state index in [4.69, 9.17) is 18.9 Å². The third kappa shape index (κ3) is 39.4. The Balaban J connectivity index is 2.37. The first kappa shape index (κ1) is 64.8. The second-order valence-electron chi connectivity index (χ2n) is 18.5. The smallest absolute Gasteiger partial charge is 0.306 e. The Morgan fingerprint density at radius 1 is 0.500 bits per heavy atom. The lowest BCUT2D eigenvalue weighted by atomic mass is 10.00. The van der Waals surface area contributed by atoms with E-state index >= 15 is 0 Å². The molecular weight excluding hydrogens is 909 g/mol. The summed E-state index contributed by atoms with van der Waals surface area (Å²) in [5.41, 5.74) is 0. The van der Waals surface area contributed by atoms with Crippen LogP contribution in [0.5, 0.6) is 0 Å². The molecule has 0 aliphatic carbocycles. The van der Waals surface area contributed by atoms with Crippen molar-refractivity contribution < 1.29 is 56.8 Å². The van der Waals surface area contributed by atoms with Gasteiger partial charge in [-0.15, -0.1) is 0 Å². The molecule has 6 atom stereocenters. The first-order valence-electron chi connectivity index (χ1n) is 27.1. The van der Waals surface area contributed by atoms with Crippen molar-refractivity contribution in [2.24, 2.45) is 0 Å². The average molecular weight is 1010 g/mol. The van der Waals surface area contributed by atoms with Crippen molar-refractivity contribution in [2.45, 2.75) is 243 Å². The monoisotopic (exact) mass is 1000 g/mol. The van der Waals surface area contributed by atoms with Crippen LogP contribution in [0.15, 0.2) is 85.1 Å². The minimum Gasteiger partial charge on any atom is -0.462 e. The lowest BCUT2D eigenvalue weighted by Gasteiger charge is -2.40. The van der Waals surface area contributed by atoms with Gasteiger partial charge >= 0.3 is 11.9 Å². The maximum atomic E-state index is 12.9. The molecule has 1 aliphatic heterocycles. The fourth-order valence-corrected chi connectivity index (χ4v) is 8.48. The summed E-state index contributed by atoms with van der Waals surface area (Å²) in [6, 6.07) is 0. The van der Waals surface area contributed by atoms with Gasteiger partial charge in [0.05, 0.1) is 6.61 Å². The normalized spacial score (nSPS) is 19.7. The Labute approximate surface area is 424 Å². The minimum absolute atomic E-state index is 0.121. The number of aliphatic hydroxyl groups is 3. The van der Waals surface area contributed by atoms with Gasteiger partial charge in [-0.2, -0.15) is 8.42 Å². The van der Waals surface area contributed by atoms with Crippen LogP contribution in [-0.2, 0) is 38.7 Å². The zero-order valence-electron chi connectivity index (χ0n) is 43.3. The van der Waals surface area contributed by atoms with Crippen molar-refractivity contribution in [1.29, 1.82) is 0 Å². The molecule has 0 aromatic heterocycles. The molecule has 13 heteroatoms. The van der Waals surface area contributed by atoms with Gasteiger partial charge in [0.15, 0.2) is 12.4 Å². The zero-order chi connectivity index (χ0) is 51.2. The van der Waals surface area contributed by atoms with Crippen molar-refractivity contribution in [3.63, 3.8) is 0 Å². The van der Waals surface area contributed by atoms with Crippen molar-refractivity contribution in [3.8, 4) is 0 Å². The molecule has 0 bridgehead atoms. The Morgan fingerprint density at radius 3 is 1.36 bits per heavy atom. The van der Waals surface area contributed by atoms with Crippen LogP contribution >= 0.6 is 0 Å². The molecule has 1 rings (SSSR count). The maximum Gasteiger partial charge on any atom is 0.306 e. The van der Waals surface area contributed by atoms with E-state index in [2.05, 4.69) is 98.9 Å². The summed E-state index contributed by atoms with van der Waals surface area (Å²) in [4.78, 5) is 25.6. The molecule has 1 heterocycles. The number of carbonyl (C=O) groups is 2.